The molecule has 3 saturated heterocycles. The fourth-order valence-electron chi connectivity index (χ4n) is 11.7. The number of ether oxygens (including phenoxy) is 3. The van der Waals surface area contributed by atoms with Crippen molar-refractivity contribution in [3.63, 3.8) is 0 Å². The Kier molecular flexibility index (Phi) is 18.8. The number of alkyl halides is 2. The second kappa shape index (κ2) is 26.6. The van der Waals surface area contributed by atoms with E-state index in [1.165, 1.54) is 6.07 Å². The molecule has 3 aromatic heterocycles. The number of nitrogens with one attached hydrogen (secondary N) is 3. The lowest BCUT2D eigenvalue weighted by atomic mass is 9.92. The highest BCUT2D eigenvalue weighted by molar-refractivity contribution is 5.79. The molecule has 8 heterocycles. The lowest BCUT2D eigenvalue weighted by Gasteiger charge is -2.36. The Bertz CT molecular complexity index is 2820. The first-order valence-electron chi connectivity index (χ1n) is 28.1. The minimum absolute atomic E-state index is 0.0431. The number of carbonyl (C=O) groups excluding carboxylic acids is 2. The number of piperazine rings is 1. The molecule has 5 aliphatic rings. The van der Waals surface area contributed by atoms with Crippen LogP contribution >= 0.6 is 0 Å². The van der Waals surface area contributed by atoms with Crippen molar-refractivity contribution < 1.29 is 37.0 Å². The second-order valence-corrected chi connectivity index (χ2v) is 21.1. The van der Waals surface area contributed by atoms with E-state index in [2.05, 4.69) is 60.2 Å². The van der Waals surface area contributed by atoms with Crippen molar-refractivity contribution in [2.45, 2.75) is 70.0 Å². The summed E-state index contributed by atoms with van der Waals surface area (Å²) in [5.74, 6) is 2.17. The third-order valence-electron chi connectivity index (χ3n) is 15.9. The molecule has 2 aromatic carbocycles. The molecule has 0 unspecified atom stereocenters. The van der Waals surface area contributed by atoms with E-state index in [1.807, 2.05) is 18.2 Å². The molecule has 10 rings (SSSR count). The molecule has 20 nitrogen and oxygen atoms in total. The van der Waals surface area contributed by atoms with Crippen LogP contribution in [-0.2, 0) is 45.4 Å². The van der Waals surface area contributed by atoms with Crippen molar-refractivity contribution in [2.24, 2.45) is 7.05 Å². The largest absolute Gasteiger partial charge is 0.378 e. The maximum Gasteiger partial charge on any atom is 0.317 e. The Morgan fingerprint density at radius 3 is 2.38 bits per heavy atom. The van der Waals surface area contributed by atoms with Crippen molar-refractivity contribution in [2.75, 3.05) is 152 Å². The Morgan fingerprint density at radius 2 is 1.62 bits per heavy atom. The number of anilines is 5. The molecule has 1 atom stereocenters. The van der Waals surface area contributed by atoms with Crippen molar-refractivity contribution in [1.82, 2.24) is 54.9 Å². The zero-order chi connectivity index (χ0) is 54.7. The molecule has 3 amide bonds. The van der Waals surface area contributed by atoms with Gasteiger partial charge in [0.1, 0.15) is 23.8 Å². The van der Waals surface area contributed by atoms with E-state index in [1.54, 1.807) is 60.6 Å². The van der Waals surface area contributed by atoms with Crippen molar-refractivity contribution in [3.05, 3.63) is 89.4 Å². The van der Waals surface area contributed by atoms with Crippen LogP contribution in [0.15, 0.2) is 61.2 Å². The molecule has 0 radical (unpaired) electrons. The predicted octanol–water partition coefficient (Wildman–Crippen LogP) is 5.64. The van der Waals surface area contributed by atoms with E-state index in [4.69, 9.17) is 19.3 Å². The van der Waals surface area contributed by atoms with E-state index in [-0.39, 0.29) is 41.9 Å². The van der Waals surface area contributed by atoms with Gasteiger partial charge in [0.2, 0.25) is 5.91 Å². The minimum Gasteiger partial charge on any atom is -0.378 e. The van der Waals surface area contributed by atoms with Crippen LogP contribution in [0.5, 0.6) is 0 Å². The van der Waals surface area contributed by atoms with Crippen molar-refractivity contribution >= 4 is 40.8 Å². The number of hydrogen-bond donors (Lipinski definition) is 3. The molecule has 23 heteroatoms. The summed E-state index contributed by atoms with van der Waals surface area (Å²) >= 11 is 0. The minimum atomic E-state index is -2.68. The molecule has 0 aliphatic carbocycles. The van der Waals surface area contributed by atoms with Gasteiger partial charge in [-0.15, -0.1) is 0 Å². The number of aryl methyl sites for hydroxylation is 2. The van der Waals surface area contributed by atoms with Gasteiger partial charge >= 0.3 is 6.03 Å². The van der Waals surface area contributed by atoms with Gasteiger partial charge in [-0.05, 0) is 80.0 Å². The first kappa shape index (κ1) is 55.8. The van der Waals surface area contributed by atoms with Gasteiger partial charge in [0.25, 0.3) is 6.43 Å². The molecule has 426 valence electrons. The summed E-state index contributed by atoms with van der Waals surface area (Å²) in [4.78, 5) is 47.9. The molecular weight excluding hydrogens is 1020 g/mol. The van der Waals surface area contributed by atoms with E-state index < -0.39 is 6.43 Å². The fourth-order valence-corrected chi connectivity index (χ4v) is 11.7. The first-order valence-corrected chi connectivity index (χ1v) is 28.1. The van der Waals surface area contributed by atoms with E-state index in [9.17, 15) is 22.8 Å². The number of hydrogen-bond acceptors (Lipinski definition) is 15. The van der Waals surface area contributed by atoms with E-state index in [0.29, 0.717) is 83.4 Å². The number of piperidine rings is 2. The zero-order valence-electron chi connectivity index (χ0n) is 45.6. The smallest absolute Gasteiger partial charge is 0.317 e. The number of rotatable bonds is 22. The van der Waals surface area contributed by atoms with Gasteiger partial charge in [-0.2, -0.15) is 10.2 Å². The van der Waals surface area contributed by atoms with E-state index in [0.717, 1.165) is 143 Å². The van der Waals surface area contributed by atoms with Gasteiger partial charge in [0.15, 0.2) is 5.82 Å². The molecule has 0 saturated carbocycles. The van der Waals surface area contributed by atoms with Crippen LogP contribution in [0.1, 0.15) is 67.0 Å². The number of likely N-dealkylation sites (tertiary alicyclic amines) is 1. The topological polar surface area (TPSA) is 179 Å². The second-order valence-electron chi connectivity index (χ2n) is 21.1. The Labute approximate surface area is 460 Å². The lowest BCUT2D eigenvalue weighted by Crippen LogP contribution is -2.47. The fraction of sp³-hybridized carbons (Fsp3) is 0.571. The lowest BCUT2D eigenvalue weighted by molar-refractivity contribution is -0.122. The average molecular weight is 1100 g/mol. The highest BCUT2D eigenvalue weighted by Crippen LogP contribution is 2.44. The number of nitrogens with zero attached hydrogens (tertiary/aromatic N) is 12. The summed E-state index contributed by atoms with van der Waals surface area (Å²) in [5, 5.41) is 18.9. The van der Waals surface area contributed by atoms with Gasteiger partial charge in [-0.3, -0.25) is 24.0 Å². The molecule has 79 heavy (non-hydrogen) atoms. The van der Waals surface area contributed by atoms with Gasteiger partial charge in [0.05, 0.1) is 65.0 Å². The van der Waals surface area contributed by atoms with Crippen LogP contribution in [0.4, 0.5) is 46.8 Å². The quantitative estimate of drug-likeness (QED) is 0.0726. The average Bonchev–Trinajstić information content (AvgIpc) is 4.22. The van der Waals surface area contributed by atoms with Gasteiger partial charge in [-0.25, -0.2) is 27.9 Å². The summed E-state index contributed by atoms with van der Waals surface area (Å²) < 4.78 is 64.4. The number of fused-ring (bicyclic) bond motifs is 2. The van der Waals surface area contributed by atoms with Crippen LogP contribution < -0.4 is 30.7 Å². The monoisotopic (exact) mass is 1100 g/mol. The molecule has 0 spiro atoms. The number of benzene rings is 2. The third kappa shape index (κ3) is 14.1. The van der Waals surface area contributed by atoms with Gasteiger partial charge in [0, 0.05) is 151 Å². The van der Waals surface area contributed by atoms with Gasteiger partial charge in [-0.1, -0.05) is 6.07 Å². The Balaban J connectivity index is 0.593. The number of halogens is 3. The highest BCUT2D eigenvalue weighted by Gasteiger charge is 2.36. The number of amides is 3. The normalized spacial score (nSPS) is 18.5. The van der Waals surface area contributed by atoms with Crippen LogP contribution in [0.2, 0.25) is 0 Å². The van der Waals surface area contributed by atoms with Crippen LogP contribution in [0, 0.1) is 5.82 Å². The Hall–Kier alpha value is -6.53. The Morgan fingerprint density at radius 1 is 0.823 bits per heavy atom. The zero-order valence-corrected chi connectivity index (χ0v) is 45.6. The molecule has 5 aromatic rings. The summed E-state index contributed by atoms with van der Waals surface area (Å²) in [6.07, 6.45) is 8.17. The number of carbonyl (C=O) groups is 2. The summed E-state index contributed by atoms with van der Waals surface area (Å²) in [5.41, 5.74) is 5.75. The molecule has 3 fully saturated rings. The number of urea groups is 1. The summed E-state index contributed by atoms with van der Waals surface area (Å²) in [6, 6.07) is 12.5. The molecular formula is C56H76F3N15O5. The van der Waals surface area contributed by atoms with E-state index >= 15 is 0 Å². The highest BCUT2D eigenvalue weighted by atomic mass is 19.3. The first-order chi connectivity index (χ1) is 38.6. The molecule has 5 aliphatic heterocycles. The van der Waals surface area contributed by atoms with Crippen LogP contribution in [0.3, 0.4) is 0 Å². The van der Waals surface area contributed by atoms with Crippen molar-refractivity contribution in [3.8, 4) is 11.1 Å². The van der Waals surface area contributed by atoms with Crippen LogP contribution in [-0.4, -0.2) is 194 Å². The summed E-state index contributed by atoms with van der Waals surface area (Å²) in [7, 11) is 3.40. The SMILES string of the molecule is CNC(=O)N1CCc2c(c(N3CCCc4cc(-c5cnn(C)c5)c(C(F)F)cc43)nn2C2CCN(CC(=O)NCCOCCOCCOCCN3CCN(c4cc(N[C@@H]5CCCN(c6cccc(F)c6)C5)ncn4)CC3)CC2)C1. The standard InChI is InChI=1S/C56H76F3N15O5/c1-60-56(76)72-18-12-49-48(37-72)55(73-15-4-6-40-30-46(41-34-64-67(2)35-41)47(54(58)59)32-50(40)73)66-74(49)44-10-16-69(17-11-44)38-53(75)61-13-24-77-26-28-79-29-27-78-25-23-68-19-21-70(22-20-68)52-33-51(62-39-63-52)65-43-8-5-14-71(36-43)45-9-3-7-42(57)31-45/h3,7,9,30-35,39,43-44,54H,4-6,8,10-29,36-38H2,1-2H3,(H,60,76)(H,61,75)(H,62,63,65)/t43-/m1/s1. The molecule has 3 N–H and O–H groups in total. The summed E-state index contributed by atoms with van der Waals surface area (Å²) in [6.45, 7) is 12.6. The van der Waals surface area contributed by atoms with Crippen molar-refractivity contribution in [1.29, 1.82) is 0 Å². The van der Waals surface area contributed by atoms with Gasteiger partial charge < -0.3 is 49.8 Å². The maximum atomic E-state index is 14.8. The predicted molar refractivity (Wildman–Crippen MR) is 296 cm³/mol. The van der Waals surface area contributed by atoms with Crippen LogP contribution in [0.25, 0.3) is 11.1 Å². The molecule has 0 bridgehead atoms. The maximum absolute atomic E-state index is 14.8. The number of aromatic nitrogens is 6. The third-order valence-corrected chi connectivity index (χ3v) is 15.9.